The van der Waals surface area contributed by atoms with Crippen molar-refractivity contribution in [1.82, 2.24) is 0 Å². The Bertz CT molecular complexity index is 790. The van der Waals surface area contributed by atoms with E-state index < -0.39 is 10.0 Å². The molecule has 0 aliphatic rings. The van der Waals surface area contributed by atoms with Gasteiger partial charge >= 0.3 is 0 Å². The zero-order valence-corrected chi connectivity index (χ0v) is 14.7. The summed E-state index contributed by atoms with van der Waals surface area (Å²) in [6.45, 7) is 0. The lowest BCUT2D eigenvalue weighted by atomic mass is 10.2. The molecule has 0 fully saturated rings. The van der Waals surface area contributed by atoms with Gasteiger partial charge in [-0.3, -0.25) is 9.52 Å². The molecule has 2 aromatic rings. The first kappa shape index (κ1) is 16.3. The zero-order chi connectivity index (χ0) is 15.6. The number of hydrogen-bond donors (Lipinski definition) is 2. The van der Waals surface area contributed by atoms with Gasteiger partial charge in [0.15, 0.2) is 0 Å². The van der Waals surface area contributed by atoms with Crippen LogP contribution in [-0.2, 0) is 10.0 Å². The zero-order valence-electron chi connectivity index (χ0n) is 10.7. The van der Waals surface area contributed by atoms with E-state index in [4.69, 9.17) is 11.6 Å². The first-order chi connectivity index (χ1) is 9.73. The van der Waals surface area contributed by atoms with E-state index in [9.17, 15) is 13.2 Å². The summed E-state index contributed by atoms with van der Waals surface area (Å²) >= 11 is 10.5. The van der Waals surface area contributed by atoms with Gasteiger partial charge in [-0.15, -0.1) is 11.3 Å². The molecule has 1 aromatic heterocycles. The second-order valence-corrected chi connectivity index (χ2v) is 8.20. The Morgan fingerprint density at radius 3 is 2.48 bits per heavy atom. The van der Waals surface area contributed by atoms with Crippen molar-refractivity contribution in [2.75, 3.05) is 16.3 Å². The number of sulfonamides is 1. The van der Waals surface area contributed by atoms with Gasteiger partial charge in [0, 0.05) is 20.6 Å². The van der Waals surface area contributed by atoms with Crippen LogP contribution in [0.5, 0.6) is 0 Å². The Hall–Kier alpha value is -1.09. The van der Waals surface area contributed by atoms with Crippen LogP contribution in [0.3, 0.4) is 0 Å². The van der Waals surface area contributed by atoms with Crippen LogP contribution in [0.25, 0.3) is 0 Å². The summed E-state index contributed by atoms with van der Waals surface area (Å²) in [5, 5.41) is 4.78. The number of halogens is 2. The molecular weight excluding hydrogens is 400 g/mol. The molecule has 0 aliphatic heterocycles. The molecule has 1 amide bonds. The molecule has 0 bridgehead atoms. The molecule has 2 N–H and O–H groups in total. The molecule has 1 heterocycles. The summed E-state index contributed by atoms with van der Waals surface area (Å²) in [6, 6.07) is 6.18. The van der Waals surface area contributed by atoms with Crippen molar-refractivity contribution >= 4 is 66.2 Å². The van der Waals surface area contributed by atoms with Crippen molar-refractivity contribution in [1.29, 1.82) is 0 Å². The van der Waals surface area contributed by atoms with Crippen LogP contribution in [0.2, 0.25) is 5.02 Å². The van der Waals surface area contributed by atoms with Gasteiger partial charge in [0.1, 0.15) is 0 Å². The molecule has 0 saturated carbocycles. The molecular formula is C12H10BrClN2O3S2. The molecule has 9 heteroatoms. The van der Waals surface area contributed by atoms with Crippen LogP contribution >= 0.6 is 38.9 Å². The average Bonchev–Trinajstić information content (AvgIpc) is 2.72. The molecule has 21 heavy (non-hydrogen) atoms. The summed E-state index contributed by atoms with van der Waals surface area (Å²) < 4.78 is 25.6. The highest BCUT2D eigenvalue weighted by atomic mass is 79.9. The normalized spacial score (nSPS) is 11.2. The average molecular weight is 410 g/mol. The molecule has 0 atom stereocenters. The van der Waals surface area contributed by atoms with Gasteiger partial charge in [-0.25, -0.2) is 8.42 Å². The summed E-state index contributed by atoms with van der Waals surface area (Å²) in [4.78, 5) is 12.6. The van der Waals surface area contributed by atoms with Gasteiger partial charge in [0.2, 0.25) is 10.0 Å². The fraction of sp³-hybridized carbons (Fsp3) is 0.0833. The molecule has 5 nitrogen and oxygen atoms in total. The van der Waals surface area contributed by atoms with Crippen molar-refractivity contribution < 1.29 is 13.2 Å². The summed E-state index contributed by atoms with van der Waals surface area (Å²) in [7, 11) is -3.41. The Kier molecular flexibility index (Phi) is 4.92. The van der Waals surface area contributed by atoms with Gasteiger partial charge in [0.25, 0.3) is 5.91 Å². The number of thiophene rings is 1. The Morgan fingerprint density at radius 2 is 1.90 bits per heavy atom. The fourth-order valence-electron chi connectivity index (χ4n) is 1.56. The SMILES string of the molecule is CS(=O)(=O)Nc1cc(Cl)cc(NC(=O)c2cc(Br)cs2)c1. The molecule has 0 aliphatic carbocycles. The molecule has 0 spiro atoms. The predicted octanol–water partition coefficient (Wildman–Crippen LogP) is 3.79. The van der Waals surface area contributed by atoms with Crippen molar-refractivity contribution in [3.05, 3.63) is 44.0 Å². The number of anilines is 2. The minimum atomic E-state index is -3.41. The van der Waals surface area contributed by atoms with E-state index in [1.54, 1.807) is 11.4 Å². The Morgan fingerprint density at radius 1 is 1.24 bits per heavy atom. The first-order valence-corrected chi connectivity index (χ1v) is 9.51. The maximum Gasteiger partial charge on any atom is 0.265 e. The lowest BCUT2D eigenvalue weighted by Crippen LogP contribution is -2.12. The number of carbonyl (C=O) groups excluding carboxylic acids is 1. The number of benzene rings is 1. The number of nitrogens with one attached hydrogen (secondary N) is 2. The van der Waals surface area contributed by atoms with Crippen LogP contribution in [0.4, 0.5) is 11.4 Å². The molecule has 0 radical (unpaired) electrons. The van der Waals surface area contributed by atoms with E-state index in [-0.39, 0.29) is 11.6 Å². The second kappa shape index (κ2) is 6.35. The van der Waals surface area contributed by atoms with Gasteiger partial charge in [0.05, 0.1) is 16.8 Å². The van der Waals surface area contributed by atoms with Gasteiger partial charge in [-0.2, -0.15) is 0 Å². The minimum Gasteiger partial charge on any atom is -0.321 e. The molecule has 0 saturated heterocycles. The highest BCUT2D eigenvalue weighted by Gasteiger charge is 2.11. The minimum absolute atomic E-state index is 0.285. The van der Waals surface area contributed by atoms with E-state index in [1.807, 2.05) is 0 Å². The largest absolute Gasteiger partial charge is 0.321 e. The monoisotopic (exact) mass is 408 g/mol. The smallest absolute Gasteiger partial charge is 0.265 e. The van der Waals surface area contributed by atoms with Crippen LogP contribution in [-0.4, -0.2) is 20.6 Å². The summed E-state index contributed by atoms with van der Waals surface area (Å²) in [6.07, 6.45) is 1.04. The topological polar surface area (TPSA) is 75.3 Å². The molecule has 1 aromatic carbocycles. The third kappa shape index (κ3) is 4.99. The second-order valence-electron chi connectivity index (χ2n) is 4.19. The third-order valence-electron chi connectivity index (χ3n) is 2.25. The van der Waals surface area contributed by atoms with Crippen LogP contribution in [0, 0.1) is 0 Å². The Balaban J connectivity index is 2.22. The predicted molar refractivity (Wildman–Crippen MR) is 89.9 cm³/mol. The molecule has 0 unspecified atom stereocenters. The van der Waals surface area contributed by atoms with Crippen molar-refractivity contribution in [3.63, 3.8) is 0 Å². The van der Waals surface area contributed by atoms with E-state index in [2.05, 4.69) is 26.0 Å². The van der Waals surface area contributed by atoms with Crippen LogP contribution < -0.4 is 10.0 Å². The van der Waals surface area contributed by atoms with E-state index in [0.717, 1.165) is 10.7 Å². The van der Waals surface area contributed by atoms with Crippen molar-refractivity contribution in [3.8, 4) is 0 Å². The summed E-state index contributed by atoms with van der Waals surface area (Å²) in [5.74, 6) is -0.293. The lowest BCUT2D eigenvalue weighted by Gasteiger charge is -2.09. The molecule has 112 valence electrons. The van der Waals surface area contributed by atoms with Gasteiger partial charge in [-0.1, -0.05) is 11.6 Å². The highest BCUT2D eigenvalue weighted by molar-refractivity contribution is 9.10. The molecule has 2 rings (SSSR count). The lowest BCUT2D eigenvalue weighted by molar-refractivity contribution is 0.103. The third-order valence-corrected chi connectivity index (χ3v) is 4.76. The van der Waals surface area contributed by atoms with E-state index >= 15 is 0 Å². The standard InChI is InChI=1S/C12H10BrClN2O3S2/c1-21(18,19)16-10-4-8(14)3-9(5-10)15-12(17)11-2-7(13)6-20-11/h2-6,16H,1H3,(H,15,17). The number of amides is 1. The van der Waals surface area contributed by atoms with E-state index in [1.165, 1.54) is 29.5 Å². The quantitative estimate of drug-likeness (QED) is 0.807. The number of carbonyl (C=O) groups is 1. The van der Waals surface area contributed by atoms with Crippen LogP contribution in [0.15, 0.2) is 34.1 Å². The maximum atomic E-state index is 12.0. The van der Waals surface area contributed by atoms with E-state index in [0.29, 0.717) is 15.6 Å². The number of rotatable bonds is 4. The van der Waals surface area contributed by atoms with Crippen molar-refractivity contribution in [2.45, 2.75) is 0 Å². The summed E-state index contributed by atoms with van der Waals surface area (Å²) in [5.41, 5.74) is 0.691. The van der Waals surface area contributed by atoms with Crippen molar-refractivity contribution in [2.24, 2.45) is 0 Å². The Labute approximate surface area is 139 Å². The fourth-order valence-corrected chi connectivity index (χ4v) is 3.66. The van der Waals surface area contributed by atoms with Gasteiger partial charge in [-0.05, 0) is 40.2 Å². The van der Waals surface area contributed by atoms with Gasteiger partial charge < -0.3 is 5.32 Å². The first-order valence-electron chi connectivity index (χ1n) is 5.57. The van der Waals surface area contributed by atoms with Crippen LogP contribution in [0.1, 0.15) is 9.67 Å². The number of hydrogen-bond acceptors (Lipinski definition) is 4. The highest BCUT2D eigenvalue weighted by Crippen LogP contribution is 2.25. The maximum absolute atomic E-state index is 12.0.